The number of aromatic amines is 1. The number of halogens is 1. The van der Waals surface area contributed by atoms with Gasteiger partial charge in [0, 0.05) is 22.6 Å². The van der Waals surface area contributed by atoms with E-state index < -0.39 is 0 Å². The maximum atomic E-state index is 5.84. The summed E-state index contributed by atoms with van der Waals surface area (Å²) in [7, 11) is 0. The normalized spacial score (nSPS) is 13.4. The van der Waals surface area contributed by atoms with Crippen LogP contribution in [0.15, 0.2) is 35.1 Å². The van der Waals surface area contributed by atoms with Gasteiger partial charge in [-0.3, -0.25) is 0 Å². The standard InChI is InChI=1S/C17H17BrN4O/c1-10(2)13-8-19-16(20-13)14-9-22-5-6-23-15-7-11(18)3-4-12(15)17(22)21-14/h3-4,7-10H,5-6H2,1-2H3,(H,19,20). The Morgan fingerprint density at radius 2 is 2.22 bits per heavy atom. The Balaban J connectivity index is 1.80. The van der Waals surface area contributed by atoms with E-state index in [0.717, 1.165) is 45.4 Å². The van der Waals surface area contributed by atoms with Crippen molar-refractivity contribution in [3.05, 3.63) is 40.8 Å². The number of nitrogens with zero attached hydrogens (tertiary/aromatic N) is 3. The van der Waals surface area contributed by atoms with Gasteiger partial charge in [0.25, 0.3) is 0 Å². The predicted molar refractivity (Wildman–Crippen MR) is 92.5 cm³/mol. The molecule has 6 heteroatoms. The van der Waals surface area contributed by atoms with Crippen LogP contribution in [0, 0.1) is 0 Å². The van der Waals surface area contributed by atoms with Gasteiger partial charge < -0.3 is 14.3 Å². The van der Waals surface area contributed by atoms with Gasteiger partial charge in [-0.2, -0.15) is 0 Å². The van der Waals surface area contributed by atoms with Crippen molar-refractivity contribution in [1.29, 1.82) is 0 Å². The fourth-order valence-corrected chi connectivity index (χ4v) is 3.07. The zero-order chi connectivity index (χ0) is 16.0. The lowest BCUT2D eigenvalue weighted by Gasteiger charge is -2.06. The molecule has 1 aliphatic rings. The summed E-state index contributed by atoms with van der Waals surface area (Å²) in [6.45, 7) is 5.68. The molecule has 0 aliphatic carbocycles. The molecule has 1 N–H and O–H groups in total. The third-order valence-electron chi connectivity index (χ3n) is 4.01. The van der Waals surface area contributed by atoms with Crippen molar-refractivity contribution in [2.75, 3.05) is 6.61 Å². The predicted octanol–water partition coefficient (Wildman–Crippen LogP) is 4.22. The van der Waals surface area contributed by atoms with E-state index in [2.05, 4.69) is 44.3 Å². The first-order valence-electron chi connectivity index (χ1n) is 7.67. The molecule has 2 aromatic heterocycles. The molecule has 0 saturated carbocycles. The number of benzene rings is 1. The molecule has 3 aromatic rings. The Morgan fingerprint density at radius 1 is 1.35 bits per heavy atom. The first-order chi connectivity index (χ1) is 11.1. The average Bonchev–Trinajstić information content (AvgIpc) is 3.12. The molecule has 0 radical (unpaired) electrons. The number of hydrogen-bond acceptors (Lipinski definition) is 3. The Labute approximate surface area is 142 Å². The second-order valence-electron chi connectivity index (χ2n) is 5.97. The molecule has 0 saturated heterocycles. The Kier molecular flexibility index (Phi) is 3.49. The van der Waals surface area contributed by atoms with Crippen LogP contribution in [0.5, 0.6) is 5.75 Å². The third-order valence-corrected chi connectivity index (χ3v) is 4.50. The molecule has 1 aromatic carbocycles. The minimum Gasteiger partial charge on any atom is -0.491 e. The molecule has 0 unspecified atom stereocenters. The van der Waals surface area contributed by atoms with Crippen LogP contribution >= 0.6 is 15.9 Å². The second-order valence-corrected chi connectivity index (χ2v) is 6.89. The van der Waals surface area contributed by atoms with E-state index in [1.807, 2.05) is 30.6 Å². The molecule has 118 valence electrons. The summed E-state index contributed by atoms with van der Waals surface area (Å²) < 4.78 is 8.97. The molecule has 0 fully saturated rings. The van der Waals surface area contributed by atoms with Gasteiger partial charge in [0.15, 0.2) is 5.82 Å². The summed E-state index contributed by atoms with van der Waals surface area (Å²) in [6, 6.07) is 6.04. The molecule has 23 heavy (non-hydrogen) atoms. The van der Waals surface area contributed by atoms with Gasteiger partial charge in [0.1, 0.15) is 23.9 Å². The van der Waals surface area contributed by atoms with Gasteiger partial charge in [-0.05, 0) is 24.1 Å². The van der Waals surface area contributed by atoms with E-state index in [1.165, 1.54) is 0 Å². The molecular formula is C17H17BrN4O. The fourth-order valence-electron chi connectivity index (χ4n) is 2.73. The third kappa shape index (κ3) is 2.57. The number of H-pyrrole nitrogens is 1. The Morgan fingerprint density at radius 3 is 3.00 bits per heavy atom. The van der Waals surface area contributed by atoms with E-state index >= 15 is 0 Å². The van der Waals surface area contributed by atoms with Gasteiger partial charge in [-0.15, -0.1) is 0 Å². The summed E-state index contributed by atoms with van der Waals surface area (Å²) in [6.07, 6.45) is 3.93. The van der Waals surface area contributed by atoms with E-state index in [4.69, 9.17) is 9.72 Å². The van der Waals surface area contributed by atoms with Gasteiger partial charge in [0.05, 0.1) is 12.1 Å². The Hall–Kier alpha value is -2.08. The first kappa shape index (κ1) is 14.5. The number of ether oxygens (including phenoxy) is 1. The molecule has 0 atom stereocenters. The molecule has 0 amide bonds. The monoisotopic (exact) mass is 372 g/mol. The molecule has 5 nitrogen and oxygen atoms in total. The van der Waals surface area contributed by atoms with Crippen molar-refractivity contribution < 1.29 is 4.74 Å². The van der Waals surface area contributed by atoms with Gasteiger partial charge in [0.2, 0.25) is 0 Å². The van der Waals surface area contributed by atoms with Crippen molar-refractivity contribution in [3.8, 4) is 28.7 Å². The van der Waals surface area contributed by atoms with Crippen LogP contribution < -0.4 is 4.74 Å². The number of nitrogens with one attached hydrogen (secondary N) is 1. The number of rotatable bonds is 2. The summed E-state index contributed by atoms with van der Waals surface area (Å²) in [5, 5.41) is 0. The summed E-state index contributed by atoms with van der Waals surface area (Å²) in [5.41, 5.74) is 2.99. The van der Waals surface area contributed by atoms with Gasteiger partial charge in [-0.25, -0.2) is 9.97 Å². The van der Waals surface area contributed by atoms with E-state index in [1.54, 1.807) is 0 Å². The van der Waals surface area contributed by atoms with Crippen molar-refractivity contribution in [2.45, 2.75) is 26.3 Å². The van der Waals surface area contributed by atoms with Crippen LogP contribution in [0.25, 0.3) is 22.9 Å². The number of hydrogen-bond donors (Lipinski definition) is 1. The number of aromatic nitrogens is 4. The molecule has 0 spiro atoms. The van der Waals surface area contributed by atoms with E-state index in [0.29, 0.717) is 12.5 Å². The highest BCUT2D eigenvalue weighted by Crippen LogP contribution is 2.35. The van der Waals surface area contributed by atoms with Gasteiger partial charge in [-0.1, -0.05) is 29.8 Å². The summed E-state index contributed by atoms with van der Waals surface area (Å²) >= 11 is 3.49. The van der Waals surface area contributed by atoms with Crippen molar-refractivity contribution in [1.82, 2.24) is 19.5 Å². The number of fused-ring (bicyclic) bond motifs is 3. The quantitative estimate of drug-likeness (QED) is 0.732. The van der Waals surface area contributed by atoms with Crippen molar-refractivity contribution in [3.63, 3.8) is 0 Å². The lowest BCUT2D eigenvalue weighted by molar-refractivity contribution is 0.306. The maximum Gasteiger partial charge on any atom is 0.157 e. The molecule has 1 aliphatic heterocycles. The lowest BCUT2D eigenvalue weighted by Crippen LogP contribution is -2.04. The van der Waals surface area contributed by atoms with Crippen LogP contribution in [0.4, 0.5) is 0 Å². The van der Waals surface area contributed by atoms with E-state index in [-0.39, 0.29) is 0 Å². The Bertz CT molecular complexity index is 865. The molecule has 4 rings (SSSR count). The highest BCUT2D eigenvalue weighted by molar-refractivity contribution is 9.10. The highest BCUT2D eigenvalue weighted by Gasteiger charge is 2.20. The molecule has 3 heterocycles. The largest absolute Gasteiger partial charge is 0.491 e. The molecular weight excluding hydrogens is 356 g/mol. The van der Waals surface area contributed by atoms with Crippen LogP contribution in [0.1, 0.15) is 25.5 Å². The zero-order valence-electron chi connectivity index (χ0n) is 13.0. The van der Waals surface area contributed by atoms with Gasteiger partial charge >= 0.3 is 0 Å². The fraction of sp³-hybridized carbons (Fsp3) is 0.294. The summed E-state index contributed by atoms with van der Waals surface area (Å²) in [5.74, 6) is 3.01. The van der Waals surface area contributed by atoms with Crippen molar-refractivity contribution in [2.24, 2.45) is 0 Å². The zero-order valence-corrected chi connectivity index (χ0v) is 14.6. The van der Waals surface area contributed by atoms with E-state index in [9.17, 15) is 0 Å². The topological polar surface area (TPSA) is 55.7 Å². The first-order valence-corrected chi connectivity index (χ1v) is 8.46. The highest BCUT2D eigenvalue weighted by atomic mass is 79.9. The van der Waals surface area contributed by atoms with Crippen LogP contribution in [0.3, 0.4) is 0 Å². The van der Waals surface area contributed by atoms with Crippen molar-refractivity contribution >= 4 is 15.9 Å². The minimum absolute atomic E-state index is 0.420. The number of imidazole rings is 2. The van der Waals surface area contributed by atoms with Crippen LogP contribution in [-0.4, -0.2) is 26.1 Å². The molecule has 0 bridgehead atoms. The lowest BCUT2D eigenvalue weighted by atomic mass is 10.2. The second kappa shape index (κ2) is 5.53. The smallest absolute Gasteiger partial charge is 0.157 e. The minimum atomic E-state index is 0.420. The van der Waals surface area contributed by atoms with Crippen LogP contribution in [-0.2, 0) is 6.54 Å². The maximum absolute atomic E-state index is 5.84. The average molecular weight is 373 g/mol. The SMILES string of the molecule is CC(C)c1cnc(-c2cn3c(n2)-c2ccc(Br)cc2OCC3)[nH]1. The summed E-state index contributed by atoms with van der Waals surface area (Å²) in [4.78, 5) is 12.6. The van der Waals surface area contributed by atoms with Crippen LogP contribution in [0.2, 0.25) is 0 Å².